The molecule has 3 heterocycles. The molecule has 1 aromatic heterocycles. The highest BCUT2D eigenvalue weighted by molar-refractivity contribution is 5.92. The summed E-state index contributed by atoms with van der Waals surface area (Å²) in [4.78, 5) is 12.5. The molecule has 28 heavy (non-hydrogen) atoms. The number of rotatable bonds is 5. The zero-order valence-electron chi connectivity index (χ0n) is 17.6. The van der Waals surface area contributed by atoms with Crippen LogP contribution < -0.4 is 4.90 Å². The number of hydrogen-bond acceptors (Lipinski definition) is 5. The molecule has 1 aromatic carbocycles. The maximum absolute atomic E-state index is 6.06. The Balaban J connectivity index is 1.40. The molecule has 5 nitrogen and oxygen atoms in total. The molecule has 0 N–H and O–H groups in total. The Morgan fingerprint density at radius 1 is 1.11 bits per heavy atom. The van der Waals surface area contributed by atoms with Gasteiger partial charge in [-0.05, 0) is 32.4 Å². The lowest BCUT2D eigenvalue weighted by Crippen LogP contribution is -2.53. The molecule has 2 saturated heterocycles. The van der Waals surface area contributed by atoms with Crippen molar-refractivity contribution in [2.24, 2.45) is 0 Å². The normalized spacial score (nSPS) is 22.3. The fourth-order valence-electron chi connectivity index (χ4n) is 4.43. The van der Waals surface area contributed by atoms with Gasteiger partial charge in [0.25, 0.3) is 0 Å². The zero-order chi connectivity index (χ0) is 19.5. The first-order valence-corrected chi connectivity index (χ1v) is 10.9. The number of hydrogen-bond donors (Lipinski definition) is 0. The number of nitrogens with zero attached hydrogens (tertiary/aromatic N) is 4. The van der Waals surface area contributed by atoms with Gasteiger partial charge in [0.1, 0.15) is 0 Å². The Morgan fingerprint density at radius 2 is 1.89 bits per heavy atom. The Labute approximate surface area is 169 Å². The van der Waals surface area contributed by atoms with E-state index in [1.165, 1.54) is 16.8 Å². The number of aryl methyl sites for hydroxylation is 1. The van der Waals surface area contributed by atoms with Crippen LogP contribution in [-0.2, 0) is 11.2 Å². The second-order valence-electron chi connectivity index (χ2n) is 8.37. The van der Waals surface area contributed by atoms with E-state index in [4.69, 9.17) is 9.72 Å². The molecule has 1 atom stereocenters. The van der Waals surface area contributed by atoms with E-state index in [0.717, 1.165) is 64.4 Å². The van der Waals surface area contributed by atoms with E-state index in [1.807, 2.05) is 0 Å². The second kappa shape index (κ2) is 8.76. The Bertz CT molecular complexity index is 785. The van der Waals surface area contributed by atoms with Gasteiger partial charge < -0.3 is 9.64 Å². The fraction of sp³-hybridized carbons (Fsp3) is 0.609. The van der Waals surface area contributed by atoms with Crippen molar-refractivity contribution < 1.29 is 4.74 Å². The van der Waals surface area contributed by atoms with Gasteiger partial charge >= 0.3 is 0 Å². The minimum Gasteiger partial charge on any atom is -0.374 e. The quantitative estimate of drug-likeness (QED) is 0.794. The summed E-state index contributed by atoms with van der Waals surface area (Å²) < 4.78 is 6.06. The average Bonchev–Trinajstić information content (AvgIpc) is 2.73. The van der Waals surface area contributed by atoms with E-state index in [9.17, 15) is 0 Å². The maximum atomic E-state index is 6.06. The number of ether oxygens (including phenoxy) is 1. The highest BCUT2D eigenvalue weighted by Gasteiger charge is 2.26. The summed E-state index contributed by atoms with van der Waals surface area (Å²) in [5.41, 5.74) is 3.64. The van der Waals surface area contributed by atoms with Crippen molar-refractivity contribution in [1.29, 1.82) is 0 Å². The molecule has 0 bridgehead atoms. The standard InChI is InChI=1S/C23H34N4O/c1-4-19-15-23(21-7-5-6-8-22(21)24-19)26-11-9-25(10-12-26)16-20-17-27(18(2)3)13-14-28-20/h5-8,15,18,20H,4,9-14,16-17H2,1-3H3. The van der Waals surface area contributed by atoms with Crippen LogP contribution in [0.25, 0.3) is 10.9 Å². The summed E-state index contributed by atoms with van der Waals surface area (Å²) in [7, 11) is 0. The molecule has 152 valence electrons. The van der Waals surface area contributed by atoms with Gasteiger partial charge in [-0.2, -0.15) is 0 Å². The molecule has 0 spiro atoms. The summed E-state index contributed by atoms with van der Waals surface area (Å²) in [5, 5.41) is 1.27. The number of aromatic nitrogens is 1. The molecule has 1 unspecified atom stereocenters. The molecule has 0 saturated carbocycles. The molecule has 4 rings (SSSR count). The molecule has 2 aromatic rings. The summed E-state index contributed by atoms with van der Waals surface area (Å²) in [6, 6.07) is 11.4. The summed E-state index contributed by atoms with van der Waals surface area (Å²) in [6.07, 6.45) is 1.32. The molecule has 0 aliphatic carbocycles. The molecule has 0 radical (unpaired) electrons. The highest BCUT2D eigenvalue weighted by Crippen LogP contribution is 2.28. The van der Waals surface area contributed by atoms with Gasteiger partial charge in [0.05, 0.1) is 18.2 Å². The second-order valence-corrected chi connectivity index (χ2v) is 8.37. The number of para-hydroxylation sites is 1. The first-order chi connectivity index (χ1) is 13.6. The van der Waals surface area contributed by atoms with Crippen molar-refractivity contribution in [1.82, 2.24) is 14.8 Å². The monoisotopic (exact) mass is 382 g/mol. The lowest BCUT2D eigenvalue weighted by atomic mass is 10.1. The van der Waals surface area contributed by atoms with Crippen molar-refractivity contribution in [2.75, 3.05) is 57.3 Å². The number of morpholine rings is 1. The number of fused-ring (bicyclic) bond motifs is 1. The van der Waals surface area contributed by atoms with Crippen LogP contribution in [0.1, 0.15) is 26.5 Å². The van der Waals surface area contributed by atoms with Crippen molar-refractivity contribution in [2.45, 2.75) is 39.3 Å². The van der Waals surface area contributed by atoms with Crippen molar-refractivity contribution in [3.05, 3.63) is 36.0 Å². The van der Waals surface area contributed by atoms with Crippen molar-refractivity contribution in [3.63, 3.8) is 0 Å². The predicted molar refractivity (Wildman–Crippen MR) is 116 cm³/mol. The molecule has 5 heteroatoms. The molecule has 2 aliphatic rings. The number of benzene rings is 1. The topological polar surface area (TPSA) is 31.8 Å². The van der Waals surface area contributed by atoms with E-state index in [0.29, 0.717) is 12.1 Å². The minimum absolute atomic E-state index is 0.344. The fourth-order valence-corrected chi connectivity index (χ4v) is 4.43. The summed E-state index contributed by atoms with van der Waals surface area (Å²) >= 11 is 0. The largest absolute Gasteiger partial charge is 0.374 e. The van der Waals surface area contributed by atoms with E-state index in [1.54, 1.807) is 0 Å². The molecular formula is C23H34N4O. The lowest BCUT2D eigenvalue weighted by molar-refractivity contribution is -0.0525. The Kier molecular flexibility index (Phi) is 6.14. The van der Waals surface area contributed by atoms with Gasteiger partial charge in [0, 0.05) is 68.6 Å². The summed E-state index contributed by atoms with van der Waals surface area (Å²) in [6.45, 7) is 15.1. The van der Waals surface area contributed by atoms with Crippen LogP contribution in [0, 0.1) is 0 Å². The molecule has 2 fully saturated rings. The van der Waals surface area contributed by atoms with E-state index >= 15 is 0 Å². The minimum atomic E-state index is 0.344. The van der Waals surface area contributed by atoms with Crippen LogP contribution in [-0.4, -0.2) is 79.3 Å². The van der Waals surface area contributed by atoms with Crippen molar-refractivity contribution in [3.8, 4) is 0 Å². The smallest absolute Gasteiger partial charge is 0.0829 e. The van der Waals surface area contributed by atoms with Crippen LogP contribution in [0.5, 0.6) is 0 Å². The number of piperazine rings is 1. The van der Waals surface area contributed by atoms with E-state index in [-0.39, 0.29) is 0 Å². The number of anilines is 1. The van der Waals surface area contributed by atoms with Gasteiger partial charge in [-0.3, -0.25) is 14.8 Å². The Morgan fingerprint density at radius 3 is 2.64 bits per heavy atom. The SMILES string of the molecule is CCc1cc(N2CCN(CC3CN(C(C)C)CCO3)CC2)c2ccccc2n1. The first kappa shape index (κ1) is 19.6. The molecule has 0 amide bonds. The van der Waals surface area contributed by atoms with Gasteiger partial charge in [0.15, 0.2) is 0 Å². The van der Waals surface area contributed by atoms with Crippen LogP contribution in [0.3, 0.4) is 0 Å². The average molecular weight is 383 g/mol. The van der Waals surface area contributed by atoms with E-state index < -0.39 is 0 Å². The van der Waals surface area contributed by atoms with Crippen LogP contribution in [0.4, 0.5) is 5.69 Å². The van der Waals surface area contributed by atoms with E-state index in [2.05, 4.69) is 65.8 Å². The zero-order valence-corrected chi connectivity index (χ0v) is 17.6. The third-order valence-corrected chi connectivity index (χ3v) is 6.18. The maximum Gasteiger partial charge on any atom is 0.0829 e. The summed E-state index contributed by atoms with van der Waals surface area (Å²) in [5.74, 6) is 0. The van der Waals surface area contributed by atoms with Crippen LogP contribution >= 0.6 is 0 Å². The van der Waals surface area contributed by atoms with Gasteiger partial charge in [-0.1, -0.05) is 25.1 Å². The Hall–Kier alpha value is -1.69. The predicted octanol–water partition coefficient (Wildman–Crippen LogP) is 3.03. The third kappa shape index (κ3) is 4.32. The molecule has 2 aliphatic heterocycles. The molecular weight excluding hydrogens is 348 g/mol. The van der Waals surface area contributed by atoms with Crippen molar-refractivity contribution >= 4 is 16.6 Å². The third-order valence-electron chi connectivity index (χ3n) is 6.18. The van der Waals surface area contributed by atoms with Crippen LogP contribution in [0.15, 0.2) is 30.3 Å². The van der Waals surface area contributed by atoms with Crippen LogP contribution in [0.2, 0.25) is 0 Å². The highest BCUT2D eigenvalue weighted by atomic mass is 16.5. The lowest BCUT2D eigenvalue weighted by Gasteiger charge is -2.41. The first-order valence-electron chi connectivity index (χ1n) is 10.9. The number of pyridine rings is 1. The van der Waals surface area contributed by atoms with Gasteiger partial charge in [-0.15, -0.1) is 0 Å². The van der Waals surface area contributed by atoms with Gasteiger partial charge in [-0.25, -0.2) is 0 Å². The van der Waals surface area contributed by atoms with Gasteiger partial charge in [0.2, 0.25) is 0 Å².